The summed E-state index contributed by atoms with van der Waals surface area (Å²) in [5.74, 6) is -1.94. The van der Waals surface area contributed by atoms with Crippen molar-refractivity contribution in [3.05, 3.63) is 119 Å². The molecular weight excluding hydrogens is 677 g/mol. The van der Waals surface area contributed by atoms with Gasteiger partial charge in [0.05, 0.1) is 18.6 Å². The SMILES string of the molecule is CCCCCCOC(=O)NC(=N)c1ccc(NCC(N)c2cccc(C(=O)N(CCC(=O)Oc3ccccc3C(F)(F)F)c3ccccn3)c2)cc1. The molecule has 1 atom stereocenters. The molecule has 5 N–H and O–H groups in total. The molecule has 0 aliphatic carbocycles. The van der Waals surface area contributed by atoms with Gasteiger partial charge in [0.25, 0.3) is 5.91 Å². The van der Waals surface area contributed by atoms with Crippen molar-refractivity contribution >= 4 is 35.3 Å². The number of para-hydroxylation sites is 1. The van der Waals surface area contributed by atoms with Crippen LogP contribution in [0.15, 0.2) is 97.2 Å². The molecule has 274 valence electrons. The number of nitrogens with zero attached hydrogens (tertiary/aromatic N) is 2. The number of hydrogen-bond acceptors (Lipinski definition) is 9. The summed E-state index contributed by atoms with van der Waals surface area (Å²) in [6, 6.07) is 22.2. The maximum atomic E-state index is 13.8. The fourth-order valence-electron chi connectivity index (χ4n) is 5.06. The van der Waals surface area contributed by atoms with Gasteiger partial charge in [0.15, 0.2) is 0 Å². The minimum absolute atomic E-state index is 0.0910. The highest BCUT2D eigenvalue weighted by Crippen LogP contribution is 2.36. The van der Waals surface area contributed by atoms with Gasteiger partial charge in [-0.15, -0.1) is 0 Å². The Labute approximate surface area is 299 Å². The fourth-order valence-corrected chi connectivity index (χ4v) is 5.06. The minimum Gasteiger partial charge on any atom is -0.449 e. The normalized spacial score (nSPS) is 11.6. The summed E-state index contributed by atoms with van der Waals surface area (Å²) >= 11 is 0. The molecule has 0 bridgehead atoms. The lowest BCUT2D eigenvalue weighted by Gasteiger charge is -2.22. The van der Waals surface area contributed by atoms with Crippen molar-refractivity contribution < 1.29 is 37.0 Å². The standard InChI is InChI=1S/C38H41F3N6O5/c1-2-3-4-9-23-51-37(50)46-35(43)26-16-18-29(19-17-26)45-25-31(42)27-11-10-12-28(24-27)36(49)47(33-15-7-8-21-44-33)22-20-34(48)52-32-14-6-5-13-30(32)38(39,40)41/h5-8,10-19,21,24,31,45H,2-4,9,20,22-23,25,42H2,1H3,(H2,43,46,50). The summed E-state index contributed by atoms with van der Waals surface area (Å²) in [5.41, 5.74) is 7.48. The number of alkyl carbamates (subject to hydrolysis) is 1. The van der Waals surface area contributed by atoms with E-state index in [1.54, 1.807) is 66.7 Å². The smallest absolute Gasteiger partial charge is 0.419 e. The van der Waals surface area contributed by atoms with Gasteiger partial charge >= 0.3 is 18.2 Å². The average molecular weight is 719 g/mol. The van der Waals surface area contributed by atoms with Gasteiger partial charge in [-0.3, -0.25) is 25.2 Å². The first-order chi connectivity index (χ1) is 25.0. The first-order valence-electron chi connectivity index (χ1n) is 16.8. The molecule has 0 radical (unpaired) electrons. The second-order valence-electron chi connectivity index (χ2n) is 11.7. The Balaban J connectivity index is 1.35. The Kier molecular flexibility index (Phi) is 14.3. The Morgan fingerprint density at radius 1 is 0.923 bits per heavy atom. The van der Waals surface area contributed by atoms with E-state index in [2.05, 4.69) is 22.5 Å². The van der Waals surface area contributed by atoms with Gasteiger partial charge in [-0.2, -0.15) is 13.2 Å². The van der Waals surface area contributed by atoms with Crippen LogP contribution in [0.4, 0.5) is 29.5 Å². The third kappa shape index (κ3) is 11.7. The molecule has 1 heterocycles. The molecule has 0 fully saturated rings. The lowest BCUT2D eigenvalue weighted by atomic mass is 10.0. The molecule has 2 amide bonds. The summed E-state index contributed by atoms with van der Waals surface area (Å²) < 4.78 is 50.3. The molecule has 0 saturated carbocycles. The molecule has 11 nitrogen and oxygen atoms in total. The molecule has 3 aromatic carbocycles. The van der Waals surface area contributed by atoms with Gasteiger partial charge in [-0.25, -0.2) is 9.78 Å². The molecule has 1 unspecified atom stereocenters. The monoisotopic (exact) mass is 718 g/mol. The van der Waals surface area contributed by atoms with Crippen LogP contribution in [0.2, 0.25) is 0 Å². The van der Waals surface area contributed by atoms with E-state index in [-0.39, 0.29) is 30.3 Å². The number of alkyl halides is 3. The highest BCUT2D eigenvalue weighted by Gasteiger charge is 2.34. The topological polar surface area (TPSA) is 160 Å². The highest BCUT2D eigenvalue weighted by atomic mass is 19.4. The van der Waals surface area contributed by atoms with Crippen molar-refractivity contribution in [3.8, 4) is 5.75 Å². The number of ether oxygens (including phenoxy) is 2. The summed E-state index contributed by atoms with van der Waals surface area (Å²) in [6.07, 6.45) is -0.419. The molecule has 0 saturated heterocycles. The third-order valence-electron chi connectivity index (χ3n) is 7.85. The number of amides is 2. The fraction of sp³-hybridized carbons (Fsp3) is 0.289. The van der Waals surface area contributed by atoms with Crippen LogP contribution in [0.1, 0.15) is 72.1 Å². The number of carbonyl (C=O) groups is 3. The Bertz CT molecular complexity index is 1810. The Hall–Kier alpha value is -5.76. The van der Waals surface area contributed by atoms with Crippen LogP contribution < -0.4 is 26.0 Å². The largest absolute Gasteiger partial charge is 0.449 e. The molecule has 0 aliphatic heterocycles. The number of pyridine rings is 1. The summed E-state index contributed by atoms with van der Waals surface area (Å²) in [5, 5.41) is 13.8. The van der Waals surface area contributed by atoms with E-state index in [0.29, 0.717) is 23.4 Å². The predicted molar refractivity (Wildman–Crippen MR) is 191 cm³/mol. The molecule has 52 heavy (non-hydrogen) atoms. The number of nitrogens with one attached hydrogen (secondary N) is 3. The maximum Gasteiger partial charge on any atom is 0.419 e. The number of benzene rings is 3. The molecule has 14 heteroatoms. The van der Waals surface area contributed by atoms with E-state index in [9.17, 15) is 27.6 Å². The zero-order chi connectivity index (χ0) is 37.5. The van der Waals surface area contributed by atoms with E-state index in [4.69, 9.17) is 20.6 Å². The van der Waals surface area contributed by atoms with Crippen LogP contribution in [0.25, 0.3) is 0 Å². The number of anilines is 2. The van der Waals surface area contributed by atoms with E-state index in [0.717, 1.165) is 37.8 Å². The van der Waals surface area contributed by atoms with Gasteiger partial charge in [-0.05, 0) is 72.6 Å². The summed E-state index contributed by atoms with van der Waals surface area (Å²) in [4.78, 5) is 43.9. The number of nitrogens with two attached hydrogens (primary N) is 1. The van der Waals surface area contributed by atoms with Crippen LogP contribution in [0, 0.1) is 5.41 Å². The lowest BCUT2D eigenvalue weighted by molar-refractivity contribution is -0.142. The van der Waals surface area contributed by atoms with Gasteiger partial charge in [0.1, 0.15) is 17.4 Å². The minimum atomic E-state index is -4.72. The van der Waals surface area contributed by atoms with Crippen LogP contribution >= 0.6 is 0 Å². The molecule has 0 aliphatic rings. The maximum absolute atomic E-state index is 13.8. The van der Waals surface area contributed by atoms with Gasteiger partial charge in [0, 0.05) is 42.1 Å². The van der Waals surface area contributed by atoms with Crippen LogP contribution in [0.5, 0.6) is 5.75 Å². The number of carbonyl (C=O) groups excluding carboxylic acids is 3. The van der Waals surface area contributed by atoms with E-state index >= 15 is 0 Å². The molecule has 4 rings (SSSR count). The van der Waals surface area contributed by atoms with Gasteiger partial charge < -0.3 is 20.5 Å². The van der Waals surface area contributed by atoms with Crippen molar-refractivity contribution in [3.63, 3.8) is 0 Å². The summed E-state index contributed by atoms with van der Waals surface area (Å²) in [7, 11) is 0. The van der Waals surface area contributed by atoms with Crippen LogP contribution in [0.3, 0.4) is 0 Å². The van der Waals surface area contributed by atoms with Crippen molar-refractivity contribution in [1.82, 2.24) is 10.3 Å². The molecule has 0 spiro atoms. The van der Waals surface area contributed by atoms with Crippen LogP contribution in [-0.4, -0.2) is 48.5 Å². The van der Waals surface area contributed by atoms with E-state index in [1.165, 1.54) is 23.2 Å². The number of hydrogen-bond donors (Lipinski definition) is 4. The number of esters is 1. The Morgan fingerprint density at radius 2 is 1.67 bits per heavy atom. The number of unbranched alkanes of at least 4 members (excludes halogenated alkanes) is 3. The summed E-state index contributed by atoms with van der Waals surface area (Å²) in [6.45, 7) is 2.46. The average Bonchev–Trinajstić information content (AvgIpc) is 3.14. The first kappa shape index (κ1) is 39.0. The molecule has 1 aromatic heterocycles. The number of halogens is 3. The van der Waals surface area contributed by atoms with E-state index < -0.39 is 47.9 Å². The molecule has 4 aromatic rings. The third-order valence-corrected chi connectivity index (χ3v) is 7.85. The van der Waals surface area contributed by atoms with Gasteiger partial charge in [-0.1, -0.05) is 56.5 Å². The number of rotatable bonds is 16. The highest BCUT2D eigenvalue weighted by molar-refractivity contribution is 6.06. The van der Waals surface area contributed by atoms with Crippen LogP contribution in [-0.2, 0) is 15.7 Å². The lowest BCUT2D eigenvalue weighted by Crippen LogP contribution is -2.34. The zero-order valence-electron chi connectivity index (χ0n) is 28.6. The number of aromatic nitrogens is 1. The zero-order valence-corrected chi connectivity index (χ0v) is 28.6. The first-order valence-corrected chi connectivity index (χ1v) is 16.8. The molecular formula is C38H41F3N6O5. The quantitative estimate of drug-likeness (QED) is 0.0305. The second kappa shape index (κ2) is 19.0. The second-order valence-corrected chi connectivity index (χ2v) is 11.7. The Morgan fingerprint density at radius 3 is 2.38 bits per heavy atom. The van der Waals surface area contributed by atoms with Crippen molar-refractivity contribution in [1.29, 1.82) is 5.41 Å². The van der Waals surface area contributed by atoms with Gasteiger partial charge in [0.2, 0.25) is 0 Å². The van der Waals surface area contributed by atoms with Crippen molar-refractivity contribution in [2.24, 2.45) is 5.73 Å². The predicted octanol–water partition coefficient (Wildman–Crippen LogP) is 7.49. The number of amidine groups is 1. The van der Waals surface area contributed by atoms with Crippen molar-refractivity contribution in [2.45, 2.75) is 51.2 Å². The van der Waals surface area contributed by atoms with E-state index in [1.807, 2.05) is 0 Å². The van der Waals surface area contributed by atoms with Crippen molar-refractivity contribution in [2.75, 3.05) is 29.9 Å².